The minimum atomic E-state index is -1.16. The van der Waals surface area contributed by atoms with Gasteiger partial charge in [-0.05, 0) is 47.5 Å². The molecule has 0 bridgehead atoms. The molecule has 32 heavy (non-hydrogen) atoms. The minimum Gasteiger partial charge on any atom is -0.497 e. The first-order valence-electron chi connectivity index (χ1n) is 10.9. The summed E-state index contributed by atoms with van der Waals surface area (Å²) in [4.78, 5) is 0. The molecule has 0 aliphatic carbocycles. The summed E-state index contributed by atoms with van der Waals surface area (Å²) in [6.45, 7) is 2.06. The molecular formula is C28H29NO3. The van der Waals surface area contributed by atoms with Crippen LogP contribution in [0.1, 0.15) is 42.1 Å². The third-order valence-electron chi connectivity index (χ3n) is 6.34. The lowest BCUT2D eigenvalue weighted by molar-refractivity contribution is -0.0196. The summed E-state index contributed by atoms with van der Waals surface area (Å²) in [7, 11) is 3.32. The molecule has 3 aromatic rings. The van der Waals surface area contributed by atoms with Crippen molar-refractivity contribution in [2.45, 2.75) is 31.0 Å². The molecule has 3 aromatic carbocycles. The Morgan fingerprint density at radius 3 is 1.97 bits per heavy atom. The van der Waals surface area contributed by atoms with Crippen LogP contribution < -0.4 is 14.8 Å². The van der Waals surface area contributed by atoms with E-state index in [0.717, 1.165) is 28.2 Å². The first-order chi connectivity index (χ1) is 15.5. The Bertz CT molecular complexity index is 1080. The molecule has 2 N–H and O–H groups in total. The predicted molar refractivity (Wildman–Crippen MR) is 127 cm³/mol. The molecule has 1 aliphatic heterocycles. The molecule has 0 unspecified atom stereocenters. The molecule has 0 radical (unpaired) electrons. The SMILES string of the molecule is COc1ccc([C@H]2C[C@](O)(C#Cc3ccccc3)[C@@H](C)[C@H](c3ccc(OC)cc3)N2)cc1. The lowest BCUT2D eigenvalue weighted by atomic mass is 9.72. The van der Waals surface area contributed by atoms with Crippen LogP contribution >= 0.6 is 0 Å². The van der Waals surface area contributed by atoms with Gasteiger partial charge in [0.1, 0.15) is 17.1 Å². The van der Waals surface area contributed by atoms with E-state index in [1.165, 1.54) is 0 Å². The lowest BCUT2D eigenvalue weighted by Crippen LogP contribution is -2.51. The van der Waals surface area contributed by atoms with E-state index in [9.17, 15) is 5.11 Å². The van der Waals surface area contributed by atoms with Gasteiger partial charge >= 0.3 is 0 Å². The second-order valence-corrected chi connectivity index (χ2v) is 8.28. The second-order valence-electron chi connectivity index (χ2n) is 8.28. The Morgan fingerprint density at radius 1 is 0.844 bits per heavy atom. The number of hydrogen-bond acceptors (Lipinski definition) is 4. The molecule has 1 aliphatic rings. The monoisotopic (exact) mass is 427 g/mol. The highest BCUT2D eigenvalue weighted by atomic mass is 16.5. The number of hydrogen-bond donors (Lipinski definition) is 2. The molecule has 1 heterocycles. The fourth-order valence-electron chi connectivity index (χ4n) is 4.31. The summed E-state index contributed by atoms with van der Waals surface area (Å²) >= 11 is 0. The van der Waals surface area contributed by atoms with E-state index < -0.39 is 5.60 Å². The third-order valence-corrected chi connectivity index (χ3v) is 6.34. The fraction of sp³-hybridized carbons (Fsp3) is 0.286. The van der Waals surface area contributed by atoms with Gasteiger partial charge in [0.05, 0.1) is 14.2 Å². The number of benzene rings is 3. The maximum Gasteiger partial charge on any atom is 0.132 e. The summed E-state index contributed by atoms with van der Waals surface area (Å²) in [5, 5.41) is 15.6. The summed E-state index contributed by atoms with van der Waals surface area (Å²) in [5.74, 6) is 7.92. The average Bonchev–Trinajstić information content (AvgIpc) is 2.85. The molecule has 1 fully saturated rings. The molecule has 1 saturated heterocycles. The molecule has 0 spiro atoms. The number of ether oxygens (including phenoxy) is 2. The molecule has 4 rings (SSSR count). The lowest BCUT2D eigenvalue weighted by Gasteiger charge is -2.45. The van der Waals surface area contributed by atoms with E-state index in [2.05, 4.69) is 36.2 Å². The Morgan fingerprint density at radius 2 is 1.41 bits per heavy atom. The van der Waals surface area contributed by atoms with Gasteiger partial charge in [-0.2, -0.15) is 0 Å². The van der Waals surface area contributed by atoms with Crippen molar-refractivity contribution in [2.24, 2.45) is 5.92 Å². The first kappa shape index (κ1) is 22.0. The van der Waals surface area contributed by atoms with Crippen LogP contribution in [-0.2, 0) is 0 Å². The van der Waals surface area contributed by atoms with Gasteiger partial charge in [-0.1, -0.05) is 61.2 Å². The zero-order valence-electron chi connectivity index (χ0n) is 18.7. The number of piperidine rings is 1. The van der Waals surface area contributed by atoms with Crippen molar-refractivity contribution >= 4 is 0 Å². The highest BCUT2D eigenvalue weighted by molar-refractivity contribution is 5.39. The topological polar surface area (TPSA) is 50.7 Å². The number of methoxy groups -OCH3 is 2. The van der Waals surface area contributed by atoms with Crippen LogP contribution in [0.3, 0.4) is 0 Å². The molecular weight excluding hydrogens is 398 g/mol. The van der Waals surface area contributed by atoms with Crippen molar-refractivity contribution in [3.8, 4) is 23.3 Å². The molecule has 0 amide bonds. The van der Waals surface area contributed by atoms with Crippen molar-refractivity contribution in [3.63, 3.8) is 0 Å². The number of nitrogens with one attached hydrogen (secondary N) is 1. The van der Waals surface area contributed by atoms with Gasteiger partial charge < -0.3 is 19.9 Å². The Kier molecular flexibility index (Phi) is 6.50. The zero-order chi connectivity index (χ0) is 22.6. The quantitative estimate of drug-likeness (QED) is 0.582. The standard InChI is InChI=1S/C28H29NO3/c1-20-27(23-11-15-25(32-3)16-12-23)29-26(22-9-13-24(31-2)14-10-22)19-28(20,30)18-17-21-7-5-4-6-8-21/h4-16,20,26-27,29-30H,19H2,1-3H3/t20-,26+,27+,28+/m0/s1. The van der Waals surface area contributed by atoms with E-state index >= 15 is 0 Å². The maximum absolute atomic E-state index is 11.8. The van der Waals surface area contributed by atoms with E-state index in [1.807, 2.05) is 66.7 Å². The fourth-order valence-corrected chi connectivity index (χ4v) is 4.31. The maximum atomic E-state index is 11.8. The Balaban J connectivity index is 1.71. The highest BCUT2D eigenvalue weighted by Gasteiger charge is 2.45. The van der Waals surface area contributed by atoms with E-state index in [0.29, 0.717) is 6.42 Å². The first-order valence-corrected chi connectivity index (χ1v) is 10.9. The van der Waals surface area contributed by atoms with Crippen LogP contribution in [0.5, 0.6) is 11.5 Å². The summed E-state index contributed by atoms with van der Waals surface area (Å²) in [5.41, 5.74) is 1.93. The van der Waals surface area contributed by atoms with Crippen LogP contribution in [-0.4, -0.2) is 24.9 Å². The van der Waals surface area contributed by atoms with Crippen molar-refractivity contribution < 1.29 is 14.6 Å². The van der Waals surface area contributed by atoms with Crippen molar-refractivity contribution in [1.29, 1.82) is 0 Å². The Hall–Kier alpha value is -3.26. The van der Waals surface area contributed by atoms with Gasteiger partial charge in [-0.15, -0.1) is 0 Å². The van der Waals surface area contributed by atoms with Gasteiger partial charge in [-0.3, -0.25) is 0 Å². The largest absolute Gasteiger partial charge is 0.497 e. The van der Waals surface area contributed by atoms with Crippen LogP contribution in [0.4, 0.5) is 0 Å². The molecule has 4 nitrogen and oxygen atoms in total. The normalized spacial score (nSPS) is 24.8. The number of aliphatic hydroxyl groups is 1. The van der Waals surface area contributed by atoms with Gasteiger partial charge in [0.2, 0.25) is 0 Å². The van der Waals surface area contributed by atoms with Gasteiger partial charge in [0, 0.05) is 30.0 Å². The zero-order valence-corrected chi connectivity index (χ0v) is 18.7. The van der Waals surface area contributed by atoms with Crippen molar-refractivity contribution in [3.05, 3.63) is 95.6 Å². The smallest absolute Gasteiger partial charge is 0.132 e. The Labute approximate surface area is 190 Å². The van der Waals surface area contributed by atoms with Crippen LogP contribution in [0.2, 0.25) is 0 Å². The van der Waals surface area contributed by atoms with Crippen LogP contribution in [0, 0.1) is 17.8 Å². The van der Waals surface area contributed by atoms with Crippen LogP contribution in [0.25, 0.3) is 0 Å². The molecule has 4 heteroatoms. The summed E-state index contributed by atoms with van der Waals surface area (Å²) in [6, 6.07) is 25.7. The predicted octanol–water partition coefficient (Wildman–Crippen LogP) is 4.90. The molecule has 164 valence electrons. The van der Waals surface area contributed by atoms with Crippen molar-refractivity contribution in [2.75, 3.05) is 14.2 Å². The second kappa shape index (κ2) is 9.48. The van der Waals surface area contributed by atoms with Crippen LogP contribution in [0.15, 0.2) is 78.9 Å². The molecule has 0 saturated carbocycles. The molecule has 4 atom stereocenters. The number of rotatable bonds is 4. The van der Waals surface area contributed by atoms with Gasteiger partial charge in [-0.25, -0.2) is 0 Å². The highest BCUT2D eigenvalue weighted by Crippen LogP contribution is 2.43. The third kappa shape index (κ3) is 4.65. The summed E-state index contributed by atoms with van der Waals surface area (Å²) < 4.78 is 10.6. The van der Waals surface area contributed by atoms with E-state index in [1.54, 1.807) is 14.2 Å². The van der Waals surface area contributed by atoms with E-state index in [-0.39, 0.29) is 18.0 Å². The van der Waals surface area contributed by atoms with Gasteiger partial charge in [0.15, 0.2) is 0 Å². The summed E-state index contributed by atoms with van der Waals surface area (Å²) in [6.07, 6.45) is 0.493. The molecule has 0 aromatic heterocycles. The van der Waals surface area contributed by atoms with E-state index in [4.69, 9.17) is 9.47 Å². The average molecular weight is 428 g/mol. The van der Waals surface area contributed by atoms with Gasteiger partial charge in [0.25, 0.3) is 0 Å². The van der Waals surface area contributed by atoms with Crippen molar-refractivity contribution in [1.82, 2.24) is 5.32 Å². The minimum absolute atomic E-state index is 0.0562.